The molecule has 31 heavy (non-hydrogen) atoms. The van der Waals surface area contributed by atoms with Gasteiger partial charge in [0.2, 0.25) is 0 Å². The summed E-state index contributed by atoms with van der Waals surface area (Å²) in [4.78, 5) is 24.4. The summed E-state index contributed by atoms with van der Waals surface area (Å²) in [5.74, 6) is -0.734. The number of rotatable bonds is 7. The summed E-state index contributed by atoms with van der Waals surface area (Å²) in [7, 11) is 0. The Kier molecular flexibility index (Phi) is 7.11. The molecule has 158 valence electrons. The molecule has 6 nitrogen and oxygen atoms in total. The van der Waals surface area contributed by atoms with E-state index in [2.05, 4.69) is 10.5 Å². The van der Waals surface area contributed by atoms with Crippen LogP contribution in [0.1, 0.15) is 38.8 Å². The van der Waals surface area contributed by atoms with Gasteiger partial charge in [-0.1, -0.05) is 17.7 Å². The highest BCUT2D eigenvalue weighted by molar-refractivity contribution is 5.95. The highest BCUT2D eigenvalue weighted by Crippen LogP contribution is 2.29. The first-order valence-electron chi connectivity index (χ1n) is 9.61. The van der Waals surface area contributed by atoms with Crippen LogP contribution >= 0.6 is 0 Å². The number of hydrogen-bond donors (Lipinski definition) is 1. The molecule has 3 rings (SSSR count). The largest absolute Gasteiger partial charge is 0.490 e. The van der Waals surface area contributed by atoms with Gasteiger partial charge in [0.15, 0.2) is 11.5 Å². The average molecular weight is 420 g/mol. The first kappa shape index (κ1) is 21.7. The van der Waals surface area contributed by atoms with Gasteiger partial charge in [-0.15, -0.1) is 0 Å². The number of aryl methyl sites for hydroxylation is 1. The van der Waals surface area contributed by atoms with Gasteiger partial charge in [0.1, 0.15) is 5.82 Å². The highest BCUT2D eigenvalue weighted by atomic mass is 19.1. The number of carbonyl (C=O) groups excluding carboxylic acids is 2. The molecule has 0 aliphatic rings. The normalized spacial score (nSPS) is 10.7. The molecule has 0 fully saturated rings. The van der Waals surface area contributed by atoms with Gasteiger partial charge in [0.25, 0.3) is 5.91 Å². The number of hydrazone groups is 1. The molecule has 0 bridgehead atoms. The molecule has 0 spiro atoms. The van der Waals surface area contributed by atoms with E-state index in [0.29, 0.717) is 23.5 Å². The number of hydrogen-bond acceptors (Lipinski definition) is 5. The molecule has 1 amide bonds. The molecule has 0 unspecified atom stereocenters. The van der Waals surface area contributed by atoms with E-state index in [1.165, 1.54) is 30.5 Å². The highest BCUT2D eigenvalue weighted by Gasteiger charge is 2.13. The van der Waals surface area contributed by atoms with Crippen molar-refractivity contribution in [2.75, 3.05) is 6.61 Å². The Morgan fingerprint density at radius 1 is 0.968 bits per heavy atom. The molecule has 0 radical (unpaired) electrons. The summed E-state index contributed by atoms with van der Waals surface area (Å²) in [5, 5.41) is 3.91. The predicted octanol–water partition coefficient (Wildman–Crippen LogP) is 4.52. The number of nitrogens with zero attached hydrogens (tertiary/aromatic N) is 1. The van der Waals surface area contributed by atoms with E-state index in [9.17, 15) is 14.0 Å². The van der Waals surface area contributed by atoms with Crippen molar-refractivity contribution in [3.8, 4) is 11.5 Å². The molecule has 0 atom stereocenters. The first-order valence-corrected chi connectivity index (χ1v) is 9.61. The van der Waals surface area contributed by atoms with Crippen molar-refractivity contribution in [3.63, 3.8) is 0 Å². The van der Waals surface area contributed by atoms with Crippen molar-refractivity contribution in [2.45, 2.75) is 13.8 Å². The SMILES string of the molecule is CCOc1cc(C=NNC(=O)c2ccc(F)cc2)ccc1OC(=O)c1ccc(C)cc1. The van der Waals surface area contributed by atoms with E-state index in [0.717, 1.165) is 5.56 Å². The van der Waals surface area contributed by atoms with E-state index in [1.54, 1.807) is 30.3 Å². The van der Waals surface area contributed by atoms with Crippen LogP contribution in [0, 0.1) is 12.7 Å². The number of benzene rings is 3. The van der Waals surface area contributed by atoms with Crippen LogP contribution in [0.2, 0.25) is 0 Å². The Morgan fingerprint density at radius 3 is 2.32 bits per heavy atom. The zero-order valence-corrected chi connectivity index (χ0v) is 17.1. The summed E-state index contributed by atoms with van der Waals surface area (Å²) >= 11 is 0. The minimum absolute atomic E-state index is 0.278. The van der Waals surface area contributed by atoms with Crippen LogP contribution in [0.5, 0.6) is 11.5 Å². The molecule has 0 heterocycles. The van der Waals surface area contributed by atoms with Gasteiger partial charge in [-0.2, -0.15) is 5.10 Å². The number of halogens is 1. The van der Waals surface area contributed by atoms with E-state index in [4.69, 9.17) is 9.47 Å². The molecule has 0 aromatic heterocycles. The number of nitrogens with one attached hydrogen (secondary N) is 1. The van der Waals surface area contributed by atoms with E-state index < -0.39 is 17.7 Å². The molecular weight excluding hydrogens is 399 g/mol. The van der Waals surface area contributed by atoms with Crippen LogP contribution in [0.3, 0.4) is 0 Å². The average Bonchev–Trinajstić information content (AvgIpc) is 2.76. The topological polar surface area (TPSA) is 77.0 Å². The van der Waals surface area contributed by atoms with E-state index in [1.807, 2.05) is 26.0 Å². The summed E-state index contributed by atoms with van der Waals surface area (Å²) < 4.78 is 24.0. The number of carbonyl (C=O) groups is 2. The number of amides is 1. The van der Waals surface area contributed by atoms with Crippen molar-refractivity contribution < 1.29 is 23.5 Å². The van der Waals surface area contributed by atoms with Gasteiger partial charge >= 0.3 is 5.97 Å². The lowest BCUT2D eigenvalue weighted by atomic mass is 10.1. The summed E-state index contributed by atoms with van der Waals surface area (Å²) in [6, 6.07) is 17.1. The molecule has 1 N–H and O–H groups in total. The van der Waals surface area contributed by atoms with Crippen LogP contribution in [0.25, 0.3) is 0 Å². The Morgan fingerprint density at radius 2 is 1.65 bits per heavy atom. The van der Waals surface area contributed by atoms with Gasteiger partial charge in [0, 0.05) is 5.56 Å². The fourth-order valence-electron chi connectivity index (χ4n) is 2.64. The molecule has 0 aliphatic heterocycles. The van der Waals surface area contributed by atoms with Crippen molar-refractivity contribution in [1.29, 1.82) is 0 Å². The third-order valence-electron chi connectivity index (χ3n) is 4.24. The van der Waals surface area contributed by atoms with Crippen LogP contribution in [0.15, 0.2) is 71.8 Å². The lowest BCUT2D eigenvalue weighted by molar-refractivity contribution is 0.0728. The van der Waals surface area contributed by atoms with Crippen LogP contribution in [0.4, 0.5) is 4.39 Å². The van der Waals surface area contributed by atoms with E-state index >= 15 is 0 Å². The van der Waals surface area contributed by atoms with Crippen LogP contribution < -0.4 is 14.9 Å². The summed E-state index contributed by atoms with van der Waals surface area (Å²) in [5.41, 5.74) is 4.76. The van der Waals surface area contributed by atoms with Gasteiger partial charge in [-0.3, -0.25) is 4.79 Å². The van der Waals surface area contributed by atoms with Crippen molar-refractivity contribution in [3.05, 3.63) is 94.8 Å². The smallest absolute Gasteiger partial charge is 0.343 e. The van der Waals surface area contributed by atoms with Crippen LogP contribution in [-0.4, -0.2) is 24.7 Å². The molecule has 0 aliphatic carbocycles. The molecule has 0 saturated heterocycles. The van der Waals surface area contributed by atoms with Crippen molar-refractivity contribution >= 4 is 18.1 Å². The maximum Gasteiger partial charge on any atom is 0.343 e. The lowest BCUT2D eigenvalue weighted by Crippen LogP contribution is -2.17. The fraction of sp³-hybridized carbons (Fsp3) is 0.125. The van der Waals surface area contributed by atoms with E-state index in [-0.39, 0.29) is 11.3 Å². The number of esters is 1. The van der Waals surface area contributed by atoms with Gasteiger partial charge < -0.3 is 9.47 Å². The maximum absolute atomic E-state index is 12.9. The van der Waals surface area contributed by atoms with Crippen LogP contribution in [-0.2, 0) is 0 Å². The molecule has 7 heteroatoms. The molecule has 0 saturated carbocycles. The molecule has 3 aromatic carbocycles. The predicted molar refractivity (Wildman–Crippen MR) is 115 cm³/mol. The van der Waals surface area contributed by atoms with Gasteiger partial charge in [0.05, 0.1) is 18.4 Å². The summed E-state index contributed by atoms with van der Waals surface area (Å²) in [6.07, 6.45) is 1.43. The third kappa shape index (κ3) is 5.99. The Hall–Kier alpha value is -4.00. The third-order valence-corrected chi connectivity index (χ3v) is 4.24. The number of ether oxygens (including phenoxy) is 2. The maximum atomic E-state index is 12.9. The Balaban J connectivity index is 1.69. The summed E-state index contributed by atoms with van der Waals surface area (Å²) in [6.45, 7) is 4.12. The quantitative estimate of drug-likeness (QED) is 0.264. The minimum Gasteiger partial charge on any atom is -0.490 e. The second-order valence-electron chi connectivity index (χ2n) is 6.60. The zero-order chi connectivity index (χ0) is 22.2. The Bertz CT molecular complexity index is 1090. The minimum atomic E-state index is -0.492. The van der Waals surface area contributed by atoms with Gasteiger partial charge in [-0.25, -0.2) is 14.6 Å². The second-order valence-corrected chi connectivity index (χ2v) is 6.60. The fourth-order valence-corrected chi connectivity index (χ4v) is 2.64. The lowest BCUT2D eigenvalue weighted by Gasteiger charge is -2.11. The molecule has 3 aromatic rings. The Labute approximate surface area is 179 Å². The van der Waals surface area contributed by atoms with Gasteiger partial charge in [-0.05, 0) is 74.0 Å². The molecular formula is C24H21FN2O4. The second kappa shape index (κ2) is 10.2. The van der Waals surface area contributed by atoms with Crippen molar-refractivity contribution in [1.82, 2.24) is 5.43 Å². The van der Waals surface area contributed by atoms with Crippen molar-refractivity contribution in [2.24, 2.45) is 5.10 Å². The standard InChI is InChI=1S/C24H21FN2O4/c1-3-30-22-14-17(15-26-27-23(28)18-9-11-20(25)12-10-18)6-13-21(22)31-24(29)19-7-4-16(2)5-8-19/h4-15H,3H2,1-2H3,(H,27,28). The first-order chi connectivity index (χ1) is 15.0. The monoisotopic (exact) mass is 420 g/mol. The zero-order valence-electron chi connectivity index (χ0n) is 17.1.